The molecule has 0 saturated heterocycles. The quantitative estimate of drug-likeness (QED) is 0.518. The van der Waals surface area contributed by atoms with Gasteiger partial charge in [-0.25, -0.2) is 24.3 Å². The average molecular weight is 413 g/mol. The number of halogens is 1. The number of carbonyl (C=O) groups excluding carboxylic acids is 1. The van der Waals surface area contributed by atoms with Crippen molar-refractivity contribution in [3.63, 3.8) is 0 Å². The highest BCUT2D eigenvalue weighted by molar-refractivity contribution is 5.98. The van der Waals surface area contributed by atoms with Crippen LogP contribution < -0.4 is 5.32 Å². The summed E-state index contributed by atoms with van der Waals surface area (Å²) in [5.41, 5.74) is 4.97. The molecule has 1 unspecified atom stereocenters. The van der Waals surface area contributed by atoms with Crippen LogP contribution in [0.4, 0.5) is 16.3 Å². The molecule has 0 fully saturated rings. The number of fused-ring (bicyclic) bond motifs is 2. The smallest absolute Gasteiger partial charge is 0.230 e. The van der Waals surface area contributed by atoms with Crippen LogP contribution in [0.5, 0.6) is 0 Å². The summed E-state index contributed by atoms with van der Waals surface area (Å²) >= 11 is 0. The van der Waals surface area contributed by atoms with E-state index in [0.29, 0.717) is 36.0 Å². The van der Waals surface area contributed by atoms with E-state index >= 15 is 0 Å². The number of rotatable bonds is 3. The summed E-state index contributed by atoms with van der Waals surface area (Å²) in [5, 5.41) is 4.07. The lowest BCUT2D eigenvalue weighted by molar-refractivity contribution is 0.0962. The van der Waals surface area contributed by atoms with Crippen LogP contribution >= 0.6 is 0 Å². The van der Waals surface area contributed by atoms with Crippen molar-refractivity contribution >= 4 is 28.6 Å². The van der Waals surface area contributed by atoms with E-state index in [4.69, 9.17) is 0 Å². The van der Waals surface area contributed by atoms with Crippen molar-refractivity contribution in [3.8, 4) is 0 Å². The molecule has 0 saturated carbocycles. The highest BCUT2D eigenvalue weighted by Crippen LogP contribution is 2.32. The minimum atomic E-state index is -0.291. The fraction of sp³-hybridized carbons (Fsp3) is 0.208. The van der Waals surface area contributed by atoms with E-state index in [9.17, 15) is 9.18 Å². The van der Waals surface area contributed by atoms with Crippen LogP contribution in [0.2, 0.25) is 0 Å². The first-order chi connectivity index (χ1) is 15.0. The first-order valence-electron chi connectivity index (χ1n) is 10.1. The molecule has 1 aliphatic carbocycles. The van der Waals surface area contributed by atoms with E-state index in [1.165, 1.54) is 12.1 Å². The Morgan fingerprint density at radius 2 is 1.77 bits per heavy atom. The SMILES string of the molecule is Cc1ccc2c(C)nc(Nc3ncc4c(n3)CC(c3ccc(F)cc3)CC4=O)nc2c1. The number of Topliss-reactive ketones (excluding diaryl/α,β-unsaturated/α-hetero) is 1. The molecule has 7 heteroatoms. The number of ketones is 1. The first-order valence-corrected chi connectivity index (χ1v) is 10.1. The summed E-state index contributed by atoms with van der Waals surface area (Å²) < 4.78 is 13.3. The number of benzene rings is 2. The van der Waals surface area contributed by atoms with Crippen molar-refractivity contribution in [1.29, 1.82) is 0 Å². The molecule has 1 aliphatic rings. The van der Waals surface area contributed by atoms with Crippen molar-refractivity contribution < 1.29 is 9.18 Å². The molecule has 31 heavy (non-hydrogen) atoms. The monoisotopic (exact) mass is 413 g/mol. The van der Waals surface area contributed by atoms with Gasteiger partial charge < -0.3 is 0 Å². The van der Waals surface area contributed by atoms with Crippen molar-refractivity contribution in [2.75, 3.05) is 5.32 Å². The molecule has 0 spiro atoms. The van der Waals surface area contributed by atoms with Crippen LogP contribution in [0, 0.1) is 19.7 Å². The largest absolute Gasteiger partial charge is 0.294 e. The van der Waals surface area contributed by atoms with Gasteiger partial charge in [0.15, 0.2) is 5.78 Å². The fourth-order valence-electron chi connectivity index (χ4n) is 4.03. The van der Waals surface area contributed by atoms with E-state index in [1.807, 2.05) is 32.0 Å². The standard InChI is InChI=1S/C24H20FN5O/c1-13-3-8-18-14(2)27-24(29-20(18)9-13)30-23-26-12-19-21(28-23)10-16(11-22(19)31)15-4-6-17(25)7-5-15/h3-9,12,16H,10-11H2,1-2H3,(H,26,27,28,29,30). The van der Waals surface area contributed by atoms with Crippen LogP contribution in [-0.2, 0) is 6.42 Å². The third-order valence-electron chi connectivity index (χ3n) is 5.65. The third kappa shape index (κ3) is 3.74. The number of hydrogen-bond donors (Lipinski definition) is 1. The topological polar surface area (TPSA) is 80.7 Å². The molecule has 0 aliphatic heterocycles. The molecular weight excluding hydrogens is 393 g/mol. The highest BCUT2D eigenvalue weighted by Gasteiger charge is 2.28. The summed E-state index contributed by atoms with van der Waals surface area (Å²) in [6.07, 6.45) is 2.51. The summed E-state index contributed by atoms with van der Waals surface area (Å²) in [7, 11) is 0. The predicted molar refractivity (Wildman–Crippen MR) is 116 cm³/mol. The average Bonchev–Trinajstić information content (AvgIpc) is 2.73. The Kier molecular flexibility index (Phi) is 4.66. The second-order valence-corrected chi connectivity index (χ2v) is 7.91. The van der Waals surface area contributed by atoms with Crippen LogP contribution in [0.3, 0.4) is 0 Å². The molecule has 0 bridgehead atoms. The summed E-state index contributed by atoms with van der Waals surface area (Å²) in [5.74, 6) is 0.423. The maximum atomic E-state index is 13.3. The second-order valence-electron chi connectivity index (χ2n) is 7.91. The van der Waals surface area contributed by atoms with Crippen LogP contribution in [0.15, 0.2) is 48.7 Å². The lowest BCUT2D eigenvalue weighted by atomic mass is 9.82. The van der Waals surface area contributed by atoms with Gasteiger partial charge in [-0.15, -0.1) is 0 Å². The van der Waals surface area contributed by atoms with Gasteiger partial charge in [0, 0.05) is 18.0 Å². The van der Waals surface area contributed by atoms with Gasteiger partial charge in [0.25, 0.3) is 0 Å². The minimum absolute atomic E-state index is 0.00426. The normalized spacial score (nSPS) is 15.7. The van der Waals surface area contributed by atoms with Gasteiger partial charge in [-0.2, -0.15) is 0 Å². The Morgan fingerprint density at radius 1 is 0.968 bits per heavy atom. The molecule has 6 nitrogen and oxygen atoms in total. The molecule has 1 atom stereocenters. The van der Waals surface area contributed by atoms with Gasteiger partial charge in [-0.05, 0) is 55.5 Å². The van der Waals surface area contributed by atoms with Crippen LogP contribution in [0.25, 0.3) is 10.9 Å². The number of hydrogen-bond acceptors (Lipinski definition) is 6. The van der Waals surface area contributed by atoms with Crippen molar-refractivity contribution in [1.82, 2.24) is 19.9 Å². The molecule has 4 aromatic rings. The van der Waals surface area contributed by atoms with E-state index in [-0.39, 0.29) is 17.5 Å². The molecule has 5 rings (SSSR count). The Morgan fingerprint density at radius 3 is 2.58 bits per heavy atom. The van der Waals surface area contributed by atoms with Gasteiger partial charge in [-0.1, -0.05) is 24.3 Å². The lowest BCUT2D eigenvalue weighted by Gasteiger charge is -2.23. The van der Waals surface area contributed by atoms with Gasteiger partial charge in [0.05, 0.1) is 22.5 Å². The molecule has 154 valence electrons. The fourth-order valence-corrected chi connectivity index (χ4v) is 4.03. The number of nitrogens with one attached hydrogen (secondary N) is 1. The van der Waals surface area contributed by atoms with E-state index in [0.717, 1.165) is 27.7 Å². The maximum absolute atomic E-state index is 13.3. The zero-order valence-electron chi connectivity index (χ0n) is 17.2. The van der Waals surface area contributed by atoms with E-state index in [1.54, 1.807) is 18.3 Å². The molecule has 2 aromatic carbocycles. The zero-order valence-corrected chi connectivity index (χ0v) is 17.2. The number of carbonyl (C=O) groups is 1. The number of aryl methyl sites for hydroxylation is 2. The van der Waals surface area contributed by atoms with Gasteiger partial charge in [0.2, 0.25) is 11.9 Å². The van der Waals surface area contributed by atoms with E-state index < -0.39 is 0 Å². The number of nitrogens with zero attached hydrogens (tertiary/aromatic N) is 4. The number of anilines is 2. The molecular formula is C24H20FN5O. The van der Waals surface area contributed by atoms with Crippen LogP contribution in [0.1, 0.15) is 45.2 Å². The molecule has 0 radical (unpaired) electrons. The van der Waals surface area contributed by atoms with Gasteiger partial charge in [0.1, 0.15) is 5.82 Å². The van der Waals surface area contributed by atoms with Crippen molar-refractivity contribution in [2.45, 2.75) is 32.6 Å². The van der Waals surface area contributed by atoms with Crippen molar-refractivity contribution in [2.24, 2.45) is 0 Å². The van der Waals surface area contributed by atoms with Gasteiger partial charge in [-0.3, -0.25) is 10.1 Å². The molecule has 1 N–H and O–H groups in total. The zero-order chi connectivity index (χ0) is 21.5. The third-order valence-corrected chi connectivity index (χ3v) is 5.65. The van der Waals surface area contributed by atoms with E-state index in [2.05, 4.69) is 25.3 Å². The Labute approximate surface area is 178 Å². The first kappa shape index (κ1) is 19.2. The second kappa shape index (κ2) is 7.50. The van der Waals surface area contributed by atoms with Crippen molar-refractivity contribution in [3.05, 3.63) is 82.6 Å². The van der Waals surface area contributed by atoms with Crippen LogP contribution in [-0.4, -0.2) is 25.7 Å². The lowest BCUT2D eigenvalue weighted by Crippen LogP contribution is -2.21. The maximum Gasteiger partial charge on any atom is 0.230 e. The van der Waals surface area contributed by atoms with Gasteiger partial charge >= 0.3 is 0 Å². The summed E-state index contributed by atoms with van der Waals surface area (Å²) in [4.78, 5) is 30.6. The molecule has 2 aromatic heterocycles. The Balaban J connectivity index is 1.45. The summed E-state index contributed by atoms with van der Waals surface area (Å²) in [6.45, 7) is 3.95. The summed E-state index contributed by atoms with van der Waals surface area (Å²) in [6, 6.07) is 12.4. The Bertz CT molecular complexity index is 1320. The molecule has 0 amide bonds. The predicted octanol–water partition coefficient (Wildman–Crippen LogP) is 4.83. The minimum Gasteiger partial charge on any atom is -0.294 e. The number of aromatic nitrogens is 4. The molecule has 2 heterocycles. The Hall–Kier alpha value is -3.74. The highest BCUT2D eigenvalue weighted by atomic mass is 19.1.